The summed E-state index contributed by atoms with van der Waals surface area (Å²) in [6.07, 6.45) is 4.27. The Balaban J connectivity index is 1.82. The molecule has 0 radical (unpaired) electrons. The quantitative estimate of drug-likeness (QED) is 0.899. The third-order valence-electron chi connectivity index (χ3n) is 4.65. The van der Waals surface area contributed by atoms with E-state index in [0.29, 0.717) is 12.0 Å². The van der Waals surface area contributed by atoms with Gasteiger partial charge in [0.25, 0.3) is 0 Å². The van der Waals surface area contributed by atoms with Crippen LogP contribution in [-0.2, 0) is 4.79 Å². The van der Waals surface area contributed by atoms with Gasteiger partial charge >= 0.3 is 0 Å². The van der Waals surface area contributed by atoms with Crippen molar-refractivity contribution in [1.82, 2.24) is 10.2 Å². The van der Waals surface area contributed by atoms with Crippen molar-refractivity contribution >= 4 is 17.5 Å². The molecule has 4 unspecified atom stereocenters. The van der Waals surface area contributed by atoms with Gasteiger partial charge in [-0.05, 0) is 36.5 Å². The van der Waals surface area contributed by atoms with Gasteiger partial charge in [-0.2, -0.15) is 0 Å². The third-order valence-corrected chi connectivity index (χ3v) is 4.90. The minimum Gasteiger partial charge on any atom is -0.318 e. The summed E-state index contributed by atoms with van der Waals surface area (Å²) in [6.45, 7) is 4.38. The number of hydrogen-bond donors (Lipinski definition) is 1. The molecule has 1 N–H and O–H groups in total. The second kappa shape index (κ2) is 5.98. The fourth-order valence-corrected chi connectivity index (χ4v) is 3.34. The van der Waals surface area contributed by atoms with Crippen molar-refractivity contribution in [2.24, 2.45) is 5.92 Å². The van der Waals surface area contributed by atoms with Gasteiger partial charge in [0.1, 0.15) is 6.17 Å². The molecule has 1 heterocycles. The van der Waals surface area contributed by atoms with Crippen LogP contribution in [0.5, 0.6) is 0 Å². The Morgan fingerprint density at radius 3 is 2.57 bits per heavy atom. The normalized spacial score (nSPS) is 31.8. The monoisotopic (exact) mass is 306 g/mol. The molecule has 21 heavy (non-hydrogen) atoms. The summed E-state index contributed by atoms with van der Waals surface area (Å²) in [5.74, 6) is 0.897. The van der Waals surface area contributed by atoms with Crippen LogP contribution in [0.1, 0.15) is 51.3 Å². The van der Waals surface area contributed by atoms with Crippen LogP contribution in [0.3, 0.4) is 0 Å². The van der Waals surface area contributed by atoms with Crippen LogP contribution in [0, 0.1) is 5.92 Å². The van der Waals surface area contributed by atoms with Crippen molar-refractivity contribution in [2.75, 3.05) is 0 Å². The largest absolute Gasteiger partial charge is 0.318 e. The third kappa shape index (κ3) is 2.95. The predicted molar refractivity (Wildman–Crippen MR) is 85.1 cm³/mol. The van der Waals surface area contributed by atoms with Crippen molar-refractivity contribution in [3.63, 3.8) is 0 Å². The summed E-state index contributed by atoms with van der Waals surface area (Å²) < 4.78 is 0. The van der Waals surface area contributed by atoms with Crippen LogP contribution in [0.2, 0.25) is 5.02 Å². The summed E-state index contributed by atoms with van der Waals surface area (Å²) in [7, 11) is 0. The maximum atomic E-state index is 12.7. The summed E-state index contributed by atoms with van der Waals surface area (Å²) in [5, 5.41) is 4.27. The molecule has 1 saturated carbocycles. The van der Waals surface area contributed by atoms with Crippen LogP contribution in [0.25, 0.3) is 0 Å². The van der Waals surface area contributed by atoms with Crippen LogP contribution in [0.15, 0.2) is 24.3 Å². The Bertz CT molecular complexity index is 516. The number of carbonyl (C=O) groups excluding carboxylic acids is 1. The molecule has 1 aliphatic carbocycles. The van der Waals surface area contributed by atoms with E-state index in [1.165, 1.54) is 0 Å². The molecule has 3 nitrogen and oxygen atoms in total. The molecule has 0 aromatic heterocycles. The van der Waals surface area contributed by atoms with E-state index < -0.39 is 0 Å². The number of hydrogen-bond acceptors (Lipinski definition) is 2. The van der Waals surface area contributed by atoms with E-state index in [-0.39, 0.29) is 18.1 Å². The highest BCUT2D eigenvalue weighted by Crippen LogP contribution is 2.42. The molecule has 3 rings (SSSR count). The molecule has 2 aliphatic rings. The highest BCUT2D eigenvalue weighted by molar-refractivity contribution is 6.30. The molecule has 1 saturated heterocycles. The van der Waals surface area contributed by atoms with Crippen molar-refractivity contribution in [2.45, 2.75) is 57.8 Å². The lowest BCUT2D eigenvalue weighted by Crippen LogP contribution is -2.33. The van der Waals surface area contributed by atoms with Gasteiger partial charge in [0.2, 0.25) is 5.91 Å². The average Bonchev–Trinajstić information content (AvgIpc) is 3.09. The van der Waals surface area contributed by atoms with E-state index in [1.54, 1.807) is 0 Å². The number of amides is 1. The first-order chi connectivity index (χ1) is 10.1. The van der Waals surface area contributed by atoms with Crippen LogP contribution in [-0.4, -0.2) is 22.9 Å². The molecule has 4 atom stereocenters. The summed E-state index contributed by atoms with van der Waals surface area (Å²) >= 11 is 5.98. The number of nitrogens with one attached hydrogen (secondary N) is 1. The lowest BCUT2D eigenvalue weighted by atomic mass is 10.1. The molecule has 1 aromatic carbocycles. The van der Waals surface area contributed by atoms with Gasteiger partial charge in [-0.3, -0.25) is 10.1 Å². The zero-order chi connectivity index (χ0) is 15.0. The topological polar surface area (TPSA) is 32.3 Å². The van der Waals surface area contributed by atoms with E-state index in [2.05, 4.69) is 24.1 Å². The summed E-state index contributed by atoms with van der Waals surface area (Å²) in [4.78, 5) is 14.8. The van der Waals surface area contributed by atoms with E-state index in [0.717, 1.165) is 36.3 Å². The SMILES string of the molecule is CCCCC1NC(c2ccc(Cl)cc2)N(C2CC2C)C1=O. The van der Waals surface area contributed by atoms with Crippen LogP contribution < -0.4 is 5.32 Å². The second-order valence-corrected chi connectivity index (χ2v) is 6.78. The van der Waals surface area contributed by atoms with Gasteiger partial charge in [-0.15, -0.1) is 0 Å². The zero-order valence-electron chi connectivity index (χ0n) is 12.7. The van der Waals surface area contributed by atoms with Crippen molar-refractivity contribution < 1.29 is 4.79 Å². The van der Waals surface area contributed by atoms with Gasteiger partial charge in [0.05, 0.1) is 6.04 Å². The van der Waals surface area contributed by atoms with Gasteiger partial charge < -0.3 is 4.90 Å². The fourth-order valence-electron chi connectivity index (χ4n) is 3.21. The van der Waals surface area contributed by atoms with E-state index in [9.17, 15) is 4.79 Å². The molecule has 0 bridgehead atoms. The molecule has 4 heteroatoms. The Hall–Kier alpha value is -1.06. The van der Waals surface area contributed by atoms with Gasteiger partial charge in [-0.25, -0.2) is 0 Å². The Morgan fingerprint density at radius 1 is 1.33 bits per heavy atom. The number of carbonyl (C=O) groups is 1. The van der Waals surface area contributed by atoms with E-state index in [1.807, 2.05) is 24.3 Å². The first-order valence-corrected chi connectivity index (χ1v) is 8.33. The average molecular weight is 307 g/mol. The second-order valence-electron chi connectivity index (χ2n) is 6.34. The Morgan fingerprint density at radius 2 is 2.00 bits per heavy atom. The van der Waals surface area contributed by atoms with Crippen LogP contribution in [0.4, 0.5) is 0 Å². The zero-order valence-corrected chi connectivity index (χ0v) is 13.4. The molecule has 1 aliphatic heterocycles. The molecule has 1 amide bonds. The molecule has 2 fully saturated rings. The lowest BCUT2D eigenvalue weighted by Gasteiger charge is -2.25. The number of rotatable bonds is 5. The predicted octanol–water partition coefficient (Wildman–Crippen LogP) is 3.74. The minimum atomic E-state index is -0.0292. The van der Waals surface area contributed by atoms with Crippen molar-refractivity contribution in [1.29, 1.82) is 0 Å². The maximum absolute atomic E-state index is 12.7. The standard InChI is InChI=1S/C17H23ClN2O/c1-3-4-5-14-17(21)20(15-10-11(15)2)16(19-14)12-6-8-13(18)9-7-12/h6-9,11,14-16,19H,3-5,10H2,1-2H3. The highest BCUT2D eigenvalue weighted by Gasteiger charge is 2.49. The fraction of sp³-hybridized carbons (Fsp3) is 0.588. The van der Waals surface area contributed by atoms with E-state index in [4.69, 9.17) is 11.6 Å². The smallest absolute Gasteiger partial charge is 0.241 e. The molecule has 114 valence electrons. The lowest BCUT2D eigenvalue weighted by molar-refractivity contribution is -0.131. The summed E-state index contributed by atoms with van der Waals surface area (Å²) in [5.41, 5.74) is 1.13. The molecular formula is C17H23ClN2O. The minimum absolute atomic E-state index is 0.00609. The number of benzene rings is 1. The molecule has 0 spiro atoms. The number of nitrogens with zero attached hydrogens (tertiary/aromatic N) is 1. The Kier molecular flexibility index (Phi) is 4.23. The molecule has 1 aromatic rings. The number of halogens is 1. The Labute approximate surface area is 131 Å². The van der Waals surface area contributed by atoms with Gasteiger partial charge in [0, 0.05) is 11.1 Å². The van der Waals surface area contributed by atoms with Crippen LogP contribution >= 0.6 is 11.6 Å². The molecular weight excluding hydrogens is 284 g/mol. The maximum Gasteiger partial charge on any atom is 0.241 e. The van der Waals surface area contributed by atoms with Crippen molar-refractivity contribution in [3.8, 4) is 0 Å². The highest BCUT2D eigenvalue weighted by atomic mass is 35.5. The van der Waals surface area contributed by atoms with Gasteiger partial charge in [0.15, 0.2) is 0 Å². The first kappa shape index (κ1) is 14.9. The summed E-state index contributed by atoms with van der Waals surface area (Å²) in [6, 6.07) is 8.22. The van der Waals surface area contributed by atoms with Gasteiger partial charge in [-0.1, -0.05) is 50.4 Å². The number of unbranched alkanes of at least 4 members (excludes halogenated alkanes) is 1. The first-order valence-electron chi connectivity index (χ1n) is 7.95. The van der Waals surface area contributed by atoms with E-state index >= 15 is 0 Å². The van der Waals surface area contributed by atoms with Crippen molar-refractivity contribution in [3.05, 3.63) is 34.9 Å².